The topological polar surface area (TPSA) is 117 Å². The maximum atomic E-state index is 12.1. The summed E-state index contributed by atoms with van der Waals surface area (Å²) in [7, 11) is 0. The molecule has 2 amide bonds. The van der Waals surface area contributed by atoms with E-state index in [0.717, 1.165) is 16.3 Å². The molecule has 0 spiro atoms. The van der Waals surface area contributed by atoms with Gasteiger partial charge in [-0.1, -0.05) is 23.7 Å². The van der Waals surface area contributed by atoms with E-state index in [1.807, 2.05) is 29.6 Å². The number of rotatable bonds is 8. The summed E-state index contributed by atoms with van der Waals surface area (Å²) >= 11 is 7.39. The molecule has 140 valence electrons. The van der Waals surface area contributed by atoms with E-state index in [2.05, 4.69) is 15.6 Å². The summed E-state index contributed by atoms with van der Waals surface area (Å²) in [6.45, 7) is 1.52. The van der Waals surface area contributed by atoms with E-state index in [-0.39, 0.29) is 6.54 Å². The monoisotopic (exact) mass is 396 g/mol. The summed E-state index contributed by atoms with van der Waals surface area (Å²) in [4.78, 5) is 28.0. The Morgan fingerprint density at radius 3 is 2.65 bits per heavy atom. The van der Waals surface area contributed by atoms with Crippen LogP contribution in [0.2, 0.25) is 5.02 Å². The molecule has 7 nitrogen and oxygen atoms in total. The van der Waals surface area contributed by atoms with Gasteiger partial charge in [0.15, 0.2) is 0 Å². The van der Waals surface area contributed by atoms with Gasteiger partial charge in [-0.2, -0.15) is 0 Å². The summed E-state index contributed by atoms with van der Waals surface area (Å²) in [5.74, 6) is -0.965. The minimum Gasteiger partial charge on any atom is -0.391 e. The van der Waals surface area contributed by atoms with Crippen molar-refractivity contribution in [2.45, 2.75) is 25.5 Å². The molecule has 2 atom stereocenters. The van der Waals surface area contributed by atoms with E-state index in [4.69, 9.17) is 17.3 Å². The Bertz CT molecular complexity index is 749. The Balaban J connectivity index is 1.88. The van der Waals surface area contributed by atoms with Gasteiger partial charge >= 0.3 is 0 Å². The number of aliphatic hydroxyl groups excluding tert-OH is 1. The Morgan fingerprint density at radius 1 is 1.35 bits per heavy atom. The van der Waals surface area contributed by atoms with Gasteiger partial charge in [-0.25, -0.2) is 4.98 Å². The third kappa shape index (κ3) is 5.77. The second-order valence-corrected chi connectivity index (χ2v) is 6.98. The third-order valence-corrected chi connectivity index (χ3v) is 4.78. The minimum absolute atomic E-state index is 0.247. The van der Waals surface area contributed by atoms with Gasteiger partial charge in [0, 0.05) is 28.9 Å². The standard InChI is InChI=1S/C17H21ClN4O3S/c1-10(23)15(22-14(24)8-19)16(25)20-7-6-13-9-26-17(21-13)11-2-4-12(18)5-3-11/h2-5,9-10,15,23H,6-8,19H2,1H3,(H,20,25)(H,22,24)/t10-,15+/m0/s1. The van der Waals surface area contributed by atoms with Gasteiger partial charge in [-0.3, -0.25) is 9.59 Å². The first kappa shape index (κ1) is 20.3. The van der Waals surface area contributed by atoms with Gasteiger partial charge in [0.1, 0.15) is 11.0 Å². The van der Waals surface area contributed by atoms with Gasteiger partial charge in [0.2, 0.25) is 11.8 Å². The molecule has 0 fully saturated rings. The third-order valence-electron chi connectivity index (χ3n) is 3.59. The van der Waals surface area contributed by atoms with Crippen molar-refractivity contribution in [1.29, 1.82) is 0 Å². The normalized spacial score (nSPS) is 13.1. The molecule has 9 heteroatoms. The van der Waals surface area contributed by atoms with E-state index in [1.165, 1.54) is 18.3 Å². The van der Waals surface area contributed by atoms with Crippen molar-refractivity contribution in [3.05, 3.63) is 40.4 Å². The number of thiazole rings is 1. The smallest absolute Gasteiger partial charge is 0.245 e. The summed E-state index contributed by atoms with van der Waals surface area (Å²) < 4.78 is 0. The number of carbonyl (C=O) groups is 2. The summed E-state index contributed by atoms with van der Waals surface area (Å²) in [5, 5.41) is 18.2. The van der Waals surface area contributed by atoms with E-state index >= 15 is 0 Å². The number of nitrogens with one attached hydrogen (secondary N) is 2. The Morgan fingerprint density at radius 2 is 2.04 bits per heavy atom. The highest BCUT2D eigenvalue weighted by Gasteiger charge is 2.24. The van der Waals surface area contributed by atoms with Crippen LogP contribution in [-0.2, 0) is 16.0 Å². The number of amides is 2. The van der Waals surface area contributed by atoms with Crippen molar-refractivity contribution < 1.29 is 14.7 Å². The minimum atomic E-state index is -1.04. The van der Waals surface area contributed by atoms with Crippen LogP contribution in [0.15, 0.2) is 29.6 Å². The number of nitrogens with two attached hydrogens (primary N) is 1. The fourth-order valence-corrected chi connectivity index (χ4v) is 3.19. The molecule has 1 aromatic heterocycles. The number of aromatic nitrogens is 1. The number of benzene rings is 1. The Labute approximate surface area is 160 Å². The van der Waals surface area contributed by atoms with Crippen molar-refractivity contribution in [2.75, 3.05) is 13.1 Å². The lowest BCUT2D eigenvalue weighted by Gasteiger charge is -2.20. The zero-order valence-corrected chi connectivity index (χ0v) is 15.8. The molecule has 0 saturated carbocycles. The first-order chi connectivity index (χ1) is 12.4. The SMILES string of the molecule is C[C@H](O)[C@@H](NC(=O)CN)C(=O)NCCc1csc(-c2ccc(Cl)cc2)n1. The van der Waals surface area contributed by atoms with Crippen LogP contribution < -0.4 is 16.4 Å². The van der Waals surface area contributed by atoms with E-state index in [1.54, 1.807) is 0 Å². The average Bonchev–Trinajstić information content (AvgIpc) is 3.08. The van der Waals surface area contributed by atoms with Crippen molar-refractivity contribution in [1.82, 2.24) is 15.6 Å². The molecule has 0 bridgehead atoms. The van der Waals surface area contributed by atoms with Crippen LogP contribution in [0.1, 0.15) is 12.6 Å². The average molecular weight is 397 g/mol. The number of hydrogen-bond donors (Lipinski definition) is 4. The molecule has 2 rings (SSSR count). The molecule has 1 heterocycles. The quantitative estimate of drug-likeness (QED) is 0.530. The van der Waals surface area contributed by atoms with Gasteiger partial charge in [-0.15, -0.1) is 11.3 Å². The molecular weight excluding hydrogens is 376 g/mol. The number of hydrogen-bond acceptors (Lipinski definition) is 6. The largest absolute Gasteiger partial charge is 0.391 e. The van der Waals surface area contributed by atoms with Crippen LogP contribution in [0, 0.1) is 0 Å². The molecule has 0 aliphatic heterocycles. The molecule has 1 aromatic carbocycles. The highest BCUT2D eigenvalue weighted by molar-refractivity contribution is 7.13. The van der Waals surface area contributed by atoms with Crippen LogP contribution in [0.4, 0.5) is 0 Å². The van der Waals surface area contributed by atoms with Crippen molar-refractivity contribution in [3.63, 3.8) is 0 Å². The fraction of sp³-hybridized carbons (Fsp3) is 0.353. The van der Waals surface area contributed by atoms with Gasteiger partial charge < -0.3 is 21.5 Å². The van der Waals surface area contributed by atoms with Crippen molar-refractivity contribution in [2.24, 2.45) is 5.73 Å². The van der Waals surface area contributed by atoms with Gasteiger partial charge in [0.25, 0.3) is 0 Å². The van der Waals surface area contributed by atoms with E-state index in [9.17, 15) is 14.7 Å². The molecular formula is C17H21ClN4O3S. The van der Waals surface area contributed by atoms with Crippen molar-refractivity contribution in [3.8, 4) is 10.6 Å². The fourth-order valence-electron chi connectivity index (χ4n) is 2.21. The van der Waals surface area contributed by atoms with E-state index in [0.29, 0.717) is 18.0 Å². The second-order valence-electron chi connectivity index (χ2n) is 5.68. The lowest BCUT2D eigenvalue weighted by molar-refractivity contribution is -0.130. The Hall–Kier alpha value is -2.00. The number of aliphatic hydroxyl groups is 1. The highest BCUT2D eigenvalue weighted by atomic mass is 35.5. The molecule has 0 radical (unpaired) electrons. The molecule has 5 N–H and O–H groups in total. The summed E-state index contributed by atoms with van der Waals surface area (Å²) in [6, 6.07) is 6.39. The second kappa shape index (κ2) is 9.63. The summed E-state index contributed by atoms with van der Waals surface area (Å²) in [6.07, 6.45) is -0.492. The first-order valence-corrected chi connectivity index (χ1v) is 9.32. The Kier molecular flexibility index (Phi) is 7.52. The highest BCUT2D eigenvalue weighted by Crippen LogP contribution is 2.25. The zero-order chi connectivity index (χ0) is 19.1. The number of halogens is 1. The number of nitrogens with zero attached hydrogens (tertiary/aromatic N) is 1. The molecule has 0 unspecified atom stereocenters. The van der Waals surface area contributed by atoms with Gasteiger partial charge in [0.05, 0.1) is 18.3 Å². The van der Waals surface area contributed by atoms with Crippen molar-refractivity contribution >= 4 is 34.8 Å². The first-order valence-electron chi connectivity index (χ1n) is 8.06. The lowest BCUT2D eigenvalue weighted by atomic mass is 10.1. The molecule has 0 saturated heterocycles. The van der Waals surface area contributed by atoms with Crippen LogP contribution in [0.25, 0.3) is 10.6 Å². The molecule has 0 aliphatic carbocycles. The predicted octanol–water partition coefficient (Wildman–Crippen LogP) is 0.947. The molecule has 2 aromatic rings. The number of carbonyl (C=O) groups excluding carboxylic acids is 2. The van der Waals surface area contributed by atoms with Crippen LogP contribution in [0.3, 0.4) is 0 Å². The molecule has 0 aliphatic rings. The summed E-state index contributed by atoms with van der Waals surface area (Å²) in [5.41, 5.74) is 7.04. The maximum Gasteiger partial charge on any atom is 0.245 e. The van der Waals surface area contributed by atoms with Crippen LogP contribution in [0.5, 0.6) is 0 Å². The van der Waals surface area contributed by atoms with Crippen LogP contribution in [-0.4, -0.2) is 47.1 Å². The maximum absolute atomic E-state index is 12.1. The zero-order valence-electron chi connectivity index (χ0n) is 14.2. The van der Waals surface area contributed by atoms with Gasteiger partial charge in [-0.05, 0) is 19.1 Å². The lowest BCUT2D eigenvalue weighted by Crippen LogP contribution is -2.53. The van der Waals surface area contributed by atoms with E-state index < -0.39 is 24.0 Å². The van der Waals surface area contributed by atoms with Crippen LogP contribution >= 0.6 is 22.9 Å². The molecule has 26 heavy (non-hydrogen) atoms. The predicted molar refractivity (Wildman–Crippen MR) is 102 cm³/mol.